The number of nitrogens with zero attached hydrogens (tertiary/aromatic N) is 2. The molecule has 0 radical (unpaired) electrons. The van der Waals surface area contributed by atoms with E-state index in [0.717, 1.165) is 18.8 Å². The van der Waals surface area contributed by atoms with Gasteiger partial charge in [-0.2, -0.15) is 4.98 Å². The minimum atomic E-state index is 0.216. The molecule has 4 nitrogen and oxygen atoms in total. The first-order chi connectivity index (χ1) is 8.60. The number of hydrogen-bond acceptors (Lipinski definition) is 4. The van der Waals surface area contributed by atoms with Crippen molar-refractivity contribution >= 4 is 17.5 Å². The van der Waals surface area contributed by atoms with E-state index in [1.807, 2.05) is 0 Å². The van der Waals surface area contributed by atoms with Gasteiger partial charge >= 0.3 is 0 Å². The third kappa shape index (κ3) is 3.05. The smallest absolute Gasteiger partial charge is 0.237 e. The van der Waals surface area contributed by atoms with Crippen LogP contribution in [-0.2, 0) is 0 Å². The second-order valence-electron chi connectivity index (χ2n) is 5.10. The Hall–Kier alpha value is -1.03. The van der Waals surface area contributed by atoms with Crippen LogP contribution in [0.1, 0.15) is 33.1 Å². The van der Waals surface area contributed by atoms with Gasteiger partial charge in [-0.3, -0.25) is 0 Å². The maximum Gasteiger partial charge on any atom is 0.237 e. The van der Waals surface area contributed by atoms with E-state index < -0.39 is 0 Å². The molecule has 18 heavy (non-hydrogen) atoms. The summed E-state index contributed by atoms with van der Waals surface area (Å²) in [4.78, 5) is 8.30. The number of rotatable bonds is 3. The third-order valence-electron chi connectivity index (χ3n) is 3.76. The van der Waals surface area contributed by atoms with Gasteiger partial charge in [-0.1, -0.05) is 25.4 Å². The van der Waals surface area contributed by atoms with Crippen molar-refractivity contribution in [3.63, 3.8) is 0 Å². The van der Waals surface area contributed by atoms with Gasteiger partial charge in [0.2, 0.25) is 11.8 Å². The van der Waals surface area contributed by atoms with Crippen LogP contribution in [0.25, 0.3) is 0 Å². The minimum absolute atomic E-state index is 0.216. The van der Waals surface area contributed by atoms with Crippen LogP contribution in [0, 0.1) is 11.8 Å². The Morgan fingerprint density at radius 3 is 2.78 bits per heavy atom. The van der Waals surface area contributed by atoms with Crippen LogP contribution < -0.4 is 10.1 Å². The van der Waals surface area contributed by atoms with Gasteiger partial charge in [0, 0.05) is 7.05 Å². The van der Waals surface area contributed by atoms with Gasteiger partial charge in [-0.05, 0) is 31.1 Å². The molecule has 3 unspecified atom stereocenters. The molecule has 1 fully saturated rings. The van der Waals surface area contributed by atoms with Crippen LogP contribution >= 0.6 is 11.6 Å². The number of ether oxygens (including phenoxy) is 1. The molecule has 0 bridgehead atoms. The van der Waals surface area contributed by atoms with Gasteiger partial charge in [0.25, 0.3) is 0 Å². The van der Waals surface area contributed by atoms with Crippen LogP contribution in [0.2, 0.25) is 5.02 Å². The predicted molar refractivity (Wildman–Crippen MR) is 73.2 cm³/mol. The zero-order valence-electron chi connectivity index (χ0n) is 11.1. The fourth-order valence-electron chi connectivity index (χ4n) is 2.32. The van der Waals surface area contributed by atoms with Crippen LogP contribution in [0.3, 0.4) is 0 Å². The Kier molecular flexibility index (Phi) is 4.27. The van der Waals surface area contributed by atoms with Crippen molar-refractivity contribution < 1.29 is 4.74 Å². The summed E-state index contributed by atoms with van der Waals surface area (Å²) in [5, 5.41) is 3.36. The molecule has 0 spiro atoms. The second kappa shape index (κ2) is 5.74. The predicted octanol–water partition coefficient (Wildman–Crippen LogP) is 3.38. The van der Waals surface area contributed by atoms with Gasteiger partial charge < -0.3 is 10.1 Å². The van der Waals surface area contributed by atoms with Gasteiger partial charge in [0.15, 0.2) is 0 Å². The molecule has 100 valence electrons. The Balaban J connectivity index is 2.05. The highest BCUT2D eigenvalue weighted by molar-refractivity contribution is 6.31. The van der Waals surface area contributed by atoms with Crippen LogP contribution in [0.15, 0.2) is 6.20 Å². The number of aromatic nitrogens is 2. The first-order valence-corrected chi connectivity index (χ1v) is 6.85. The lowest BCUT2D eigenvalue weighted by molar-refractivity contribution is 0.0965. The third-order valence-corrected chi connectivity index (χ3v) is 4.02. The highest BCUT2D eigenvalue weighted by Gasteiger charge is 2.26. The monoisotopic (exact) mass is 269 g/mol. The summed E-state index contributed by atoms with van der Waals surface area (Å²) >= 11 is 6.06. The summed E-state index contributed by atoms with van der Waals surface area (Å²) in [7, 11) is 1.78. The molecule has 0 amide bonds. The SMILES string of the molecule is CNc1ncc(Cl)c(OC2CCC(C)C(C)C2)n1. The van der Waals surface area contributed by atoms with Crippen LogP contribution in [-0.4, -0.2) is 23.1 Å². The van der Waals surface area contributed by atoms with Crippen molar-refractivity contribution in [1.82, 2.24) is 9.97 Å². The summed E-state index contributed by atoms with van der Waals surface area (Å²) in [6.07, 6.45) is 5.13. The minimum Gasteiger partial charge on any atom is -0.473 e. The highest BCUT2D eigenvalue weighted by atomic mass is 35.5. The molecule has 0 aliphatic heterocycles. The molecule has 1 aromatic heterocycles. The molecule has 2 rings (SSSR count). The van der Waals surface area contributed by atoms with Gasteiger partial charge in [0.05, 0.1) is 6.20 Å². The Labute approximate surface area is 113 Å². The van der Waals surface area contributed by atoms with Gasteiger partial charge in [-0.15, -0.1) is 0 Å². The van der Waals surface area contributed by atoms with Crippen molar-refractivity contribution in [3.05, 3.63) is 11.2 Å². The number of anilines is 1. The summed E-state index contributed by atoms with van der Waals surface area (Å²) in [5.74, 6) is 2.49. The summed E-state index contributed by atoms with van der Waals surface area (Å²) in [5.41, 5.74) is 0. The summed E-state index contributed by atoms with van der Waals surface area (Å²) in [6, 6.07) is 0. The maximum absolute atomic E-state index is 6.06. The number of hydrogen-bond donors (Lipinski definition) is 1. The van der Waals surface area contributed by atoms with E-state index in [2.05, 4.69) is 29.1 Å². The fourth-order valence-corrected chi connectivity index (χ4v) is 2.45. The molecule has 1 heterocycles. The molecule has 3 atom stereocenters. The average Bonchev–Trinajstić information content (AvgIpc) is 2.36. The maximum atomic E-state index is 6.06. The fraction of sp³-hybridized carbons (Fsp3) is 0.692. The normalized spacial score (nSPS) is 27.9. The number of halogens is 1. The molecule has 5 heteroatoms. The van der Waals surface area contributed by atoms with E-state index >= 15 is 0 Å². The quantitative estimate of drug-likeness (QED) is 0.914. The first-order valence-electron chi connectivity index (χ1n) is 6.47. The van der Waals surface area contributed by atoms with Crippen LogP contribution in [0.5, 0.6) is 5.88 Å². The summed E-state index contributed by atoms with van der Waals surface area (Å²) < 4.78 is 5.92. The van der Waals surface area contributed by atoms with E-state index in [4.69, 9.17) is 16.3 Å². The molecule has 1 aliphatic carbocycles. The Bertz CT molecular complexity index is 413. The van der Waals surface area contributed by atoms with Crippen LogP contribution in [0.4, 0.5) is 5.95 Å². The lowest BCUT2D eigenvalue weighted by Gasteiger charge is -2.32. The molecule has 1 aromatic rings. The van der Waals surface area contributed by atoms with E-state index in [1.54, 1.807) is 13.2 Å². The van der Waals surface area contributed by atoms with E-state index in [0.29, 0.717) is 22.8 Å². The van der Waals surface area contributed by atoms with Crippen molar-refractivity contribution in [2.24, 2.45) is 11.8 Å². The lowest BCUT2D eigenvalue weighted by atomic mass is 9.80. The topological polar surface area (TPSA) is 47.0 Å². The van der Waals surface area contributed by atoms with Crippen molar-refractivity contribution in [1.29, 1.82) is 0 Å². The van der Waals surface area contributed by atoms with Crippen molar-refractivity contribution in [2.45, 2.75) is 39.2 Å². The molecule has 1 N–H and O–H groups in total. The molecular weight excluding hydrogens is 250 g/mol. The molecule has 0 saturated heterocycles. The molecule has 1 saturated carbocycles. The Morgan fingerprint density at radius 1 is 1.33 bits per heavy atom. The van der Waals surface area contributed by atoms with E-state index in [1.165, 1.54) is 6.42 Å². The first kappa shape index (κ1) is 13.4. The number of nitrogens with one attached hydrogen (secondary N) is 1. The zero-order valence-corrected chi connectivity index (χ0v) is 11.9. The van der Waals surface area contributed by atoms with Crippen molar-refractivity contribution in [2.75, 3.05) is 12.4 Å². The molecular formula is C13H20ClN3O. The van der Waals surface area contributed by atoms with Gasteiger partial charge in [-0.25, -0.2) is 4.98 Å². The standard InChI is InChI=1S/C13H20ClN3O/c1-8-4-5-10(6-9(8)2)18-12-11(14)7-16-13(15-3)17-12/h7-10H,4-6H2,1-3H3,(H,15,16,17). The van der Waals surface area contributed by atoms with E-state index in [9.17, 15) is 0 Å². The zero-order chi connectivity index (χ0) is 13.1. The van der Waals surface area contributed by atoms with E-state index in [-0.39, 0.29) is 6.10 Å². The van der Waals surface area contributed by atoms with Gasteiger partial charge in [0.1, 0.15) is 11.1 Å². The average molecular weight is 270 g/mol. The highest BCUT2D eigenvalue weighted by Crippen LogP contribution is 2.33. The largest absolute Gasteiger partial charge is 0.473 e. The molecule has 1 aliphatic rings. The Morgan fingerprint density at radius 2 is 2.11 bits per heavy atom. The summed E-state index contributed by atoms with van der Waals surface area (Å²) in [6.45, 7) is 4.58. The second-order valence-corrected chi connectivity index (χ2v) is 5.51. The molecule has 0 aromatic carbocycles. The van der Waals surface area contributed by atoms with Crippen molar-refractivity contribution in [3.8, 4) is 5.88 Å². The lowest BCUT2D eigenvalue weighted by Crippen LogP contribution is -2.29.